The molecule has 27 heavy (non-hydrogen) atoms. The molecule has 0 bridgehead atoms. The van der Waals surface area contributed by atoms with E-state index in [0.29, 0.717) is 10.1 Å². The van der Waals surface area contributed by atoms with E-state index in [1.807, 2.05) is 44.0 Å². The van der Waals surface area contributed by atoms with Crippen LogP contribution in [-0.2, 0) is 4.79 Å². The molecular weight excluding hydrogens is 382 g/mol. The summed E-state index contributed by atoms with van der Waals surface area (Å²) in [5, 5.41) is 8.66. The van der Waals surface area contributed by atoms with Gasteiger partial charge in [0.05, 0.1) is 29.2 Å². The number of likely N-dealkylation sites (N-methyl/N-ethyl adjacent to an activating group) is 1. The van der Waals surface area contributed by atoms with Gasteiger partial charge < -0.3 is 9.64 Å². The van der Waals surface area contributed by atoms with Crippen LogP contribution in [0.1, 0.15) is 11.4 Å². The zero-order valence-corrected chi connectivity index (χ0v) is 17.3. The first-order chi connectivity index (χ1) is 12.9. The number of carbonyl (C=O) groups is 1. The number of ether oxygens (including phenoxy) is 1. The van der Waals surface area contributed by atoms with Crippen molar-refractivity contribution in [2.45, 2.75) is 18.7 Å². The van der Waals surface area contributed by atoms with Crippen molar-refractivity contribution in [3.63, 3.8) is 0 Å². The Morgan fingerprint density at radius 3 is 2.63 bits per heavy atom. The zero-order valence-electron chi connectivity index (χ0n) is 15.7. The summed E-state index contributed by atoms with van der Waals surface area (Å²) in [6.45, 7) is 3.82. The fraction of sp³-hybridized carbons (Fsp3) is 0.278. The minimum atomic E-state index is -0.0494. The number of H-pyrrole nitrogens is 1. The highest BCUT2D eigenvalue weighted by Gasteiger charge is 2.37. The summed E-state index contributed by atoms with van der Waals surface area (Å²) in [5.74, 6) is 0.745. The molecule has 140 valence electrons. The summed E-state index contributed by atoms with van der Waals surface area (Å²) in [4.78, 5) is 23.0. The summed E-state index contributed by atoms with van der Waals surface area (Å²) in [6, 6.07) is 5.93. The fourth-order valence-corrected chi connectivity index (χ4v) is 5.23. The van der Waals surface area contributed by atoms with Crippen LogP contribution in [0.3, 0.4) is 0 Å². The number of hydrogen-bond donors (Lipinski definition) is 1. The molecule has 0 radical (unpaired) electrons. The maximum absolute atomic E-state index is 12.9. The van der Waals surface area contributed by atoms with Crippen molar-refractivity contribution in [1.82, 2.24) is 15.1 Å². The molecule has 1 aromatic carbocycles. The van der Waals surface area contributed by atoms with E-state index >= 15 is 0 Å². The number of nitrogens with zero attached hydrogens (tertiary/aromatic N) is 4. The maximum Gasteiger partial charge on any atom is 0.269 e. The van der Waals surface area contributed by atoms with Gasteiger partial charge in [0, 0.05) is 25.1 Å². The largest absolute Gasteiger partial charge is 0.497 e. The van der Waals surface area contributed by atoms with E-state index in [2.05, 4.69) is 15.2 Å². The number of aryl methyl sites for hydroxylation is 2. The van der Waals surface area contributed by atoms with Gasteiger partial charge in [-0.1, -0.05) is 11.8 Å². The summed E-state index contributed by atoms with van der Waals surface area (Å²) in [6.07, 6.45) is 0. The van der Waals surface area contributed by atoms with Gasteiger partial charge in [-0.2, -0.15) is 5.10 Å². The summed E-state index contributed by atoms with van der Waals surface area (Å²) in [5.41, 5.74) is 3.51. The molecule has 1 saturated heterocycles. The van der Waals surface area contributed by atoms with Crippen molar-refractivity contribution < 1.29 is 9.53 Å². The predicted molar refractivity (Wildman–Crippen MR) is 110 cm³/mol. The van der Waals surface area contributed by atoms with Crippen LogP contribution in [0.25, 0.3) is 0 Å². The molecule has 3 heterocycles. The standard InChI is InChI=1S/C18H19N5O2S2/c1-9-14(10(2)21-20-9)19-18-23(4)16(24)15(27-18)17-22(3)12-8-11(25-5)6-7-13(12)26-17/h6-8H,1-5H3,(H,20,21). The molecule has 1 amide bonds. The maximum atomic E-state index is 12.9. The highest BCUT2D eigenvalue weighted by Crippen LogP contribution is 2.50. The van der Waals surface area contributed by atoms with Gasteiger partial charge in [0.1, 0.15) is 16.3 Å². The summed E-state index contributed by atoms with van der Waals surface area (Å²) >= 11 is 2.99. The lowest BCUT2D eigenvalue weighted by Crippen LogP contribution is -2.24. The number of aromatic nitrogens is 2. The Balaban J connectivity index is 1.72. The number of aromatic amines is 1. The van der Waals surface area contributed by atoms with E-state index < -0.39 is 0 Å². The number of fused-ring (bicyclic) bond motifs is 1. The van der Waals surface area contributed by atoms with Crippen LogP contribution in [0, 0.1) is 13.8 Å². The molecule has 0 spiro atoms. The molecule has 2 aromatic rings. The lowest BCUT2D eigenvalue weighted by Gasteiger charge is -2.15. The molecule has 1 fully saturated rings. The smallest absolute Gasteiger partial charge is 0.269 e. The Morgan fingerprint density at radius 2 is 1.96 bits per heavy atom. The number of aliphatic imine (C=N–C) groups is 1. The number of thioether (sulfide) groups is 2. The number of methoxy groups -OCH3 is 1. The average Bonchev–Trinajstić information content (AvgIpc) is 3.26. The van der Waals surface area contributed by atoms with E-state index in [0.717, 1.165) is 38.4 Å². The minimum absolute atomic E-state index is 0.0494. The highest BCUT2D eigenvalue weighted by atomic mass is 32.2. The number of rotatable bonds is 2. The van der Waals surface area contributed by atoms with E-state index in [1.54, 1.807) is 30.8 Å². The number of amidine groups is 1. The van der Waals surface area contributed by atoms with Crippen LogP contribution in [0.15, 0.2) is 38.0 Å². The summed E-state index contributed by atoms with van der Waals surface area (Å²) in [7, 11) is 5.37. The van der Waals surface area contributed by atoms with Crippen LogP contribution in [0.2, 0.25) is 0 Å². The van der Waals surface area contributed by atoms with E-state index in [1.165, 1.54) is 11.8 Å². The number of hydrogen-bond acceptors (Lipinski definition) is 7. The van der Waals surface area contributed by atoms with Crippen LogP contribution in [0.4, 0.5) is 11.4 Å². The monoisotopic (exact) mass is 401 g/mol. The van der Waals surface area contributed by atoms with E-state index in [9.17, 15) is 4.79 Å². The zero-order chi connectivity index (χ0) is 19.3. The number of carbonyl (C=O) groups excluding carboxylic acids is 1. The molecule has 7 nitrogen and oxygen atoms in total. The highest BCUT2D eigenvalue weighted by molar-refractivity contribution is 8.19. The van der Waals surface area contributed by atoms with Crippen molar-refractivity contribution in [1.29, 1.82) is 0 Å². The Kier molecular flexibility index (Phi) is 4.43. The quantitative estimate of drug-likeness (QED) is 0.775. The van der Waals surface area contributed by atoms with E-state index in [4.69, 9.17) is 4.74 Å². The molecule has 1 aromatic heterocycles. The van der Waals surface area contributed by atoms with Crippen LogP contribution in [-0.4, -0.2) is 47.4 Å². The molecule has 1 N–H and O–H groups in total. The van der Waals surface area contributed by atoms with Gasteiger partial charge in [0.2, 0.25) is 0 Å². The molecule has 0 atom stereocenters. The predicted octanol–water partition coefficient (Wildman–Crippen LogP) is 3.64. The first-order valence-corrected chi connectivity index (χ1v) is 9.94. The number of anilines is 1. The van der Waals surface area contributed by atoms with Gasteiger partial charge >= 0.3 is 0 Å². The Morgan fingerprint density at radius 1 is 1.19 bits per heavy atom. The summed E-state index contributed by atoms with van der Waals surface area (Å²) < 4.78 is 5.32. The second-order valence-corrected chi connectivity index (χ2v) is 8.28. The van der Waals surface area contributed by atoms with Crippen LogP contribution in [0.5, 0.6) is 5.75 Å². The SMILES string of the molecule is COc1ccc2c(c1)N(C)C(=C1SC(=Nc3c(C)n[nH]c3C)N(C)C1=O)S2. The molecule has 2 aliphatic heterocycles. The third-order valence-electron chi connectivity index (χ3n) is 4.51. The molecule has 0 saturated carbocycles. The molecule has 2 aliphatic rings. The van der Waals surface area contributed by atoms with Gasteiger partial charge in [-0.25, -0.2) is 4.99 Å². The van der Waals surface area contributed by atoms with Gasteiger partial charge in [-0.15, -0.1) is 0 Å². The lowest BCUT2D eigenvalue weighted by molar-refractivity contribution is -0.121. The van der Waals surface area contributed by atoms with Gasteiger partial charge in [-0.3, -0.25) is 14.8 Å². The van der Waals surface area contributed by atoms with Crippen molar-refractivity contribution >= 4 is 46.0 Å². The molecule has 9 heteroatoms. The van der Waals surface area contributed by atoms with Crippen molar-refractivity contribution in [2.24, 2.45) is 4.99 Å². The molecule has 0 unspecified atom stereocenters. The normalized spacial score (nSPS) is 20.8. The fourth-order valence-electron chi connectivity index (χ4n) is 2.93. The molecular formula is C18H19N5O2S2. The topological polar surface area (TPSA) is 73.8 Å². The number of nitrogens with one attached hydrogen (secondary N) is 1. The van der Waals surface area contributed by atoms with E-state index in [-0.39, 0.29) is 5.91 Å². The third-order valence-corrected chi connectivity index (χ3v) is 6.99. The number of benzene rings is 1. The lowest BCUT2D eigenvalue weighted by atomic mass is 10.3. The molecule has 0 aliphatic carbocycles. The van der Waals surface area contributed by atoms with Crippen molar-refractivity contribution in [3.05, 3.63) is 39.5 Å². The van der Waals surface area contributed by atoms with Gasteiger partial charge in [0.25, 0.3) is 5.91 Å². The van der Waals surface area contributed by atoms with Crippen molar-refractivity contribution in [3.8, 4) is 5.75 Å². The molecule has 4 rings (SSSR count). The Hall–Kier alpha value is -2.39. The van der Waals surface area contributed by atoms with Gasteiger partial charge in [0.15, 0.2) is 5.17 Å². The Labute approximate surface area is 165 Å². The second kappa shape index (κ2) is 6.65. The first-order valence-electron chi connectivity index (χ1n) is 8.30. The van der Waals surface area contributed by atoms with Crippen molar-refractivity contribution in [2.75, 3.05) is 26.1 Å². The minimum Gasteiger partial charge on any atom is -0.497 e. The Bertz CT molecular complexity index is 992. The van der Waals surface area contributed by atoms with Gasteiger partial charge in [-0.05, 0) is 37.7 Å². The van der Waals surface area contributed by atoms with Crippen LogP contribution >= 0.6 is 23.5 Å². The third kappa shape index (κ3) is 2.90. The average molecular weight is 402 g/mol. The number of amides is 1. The first kappa shape index (κ1) is 18.0. The van der Waals surface area contributed by atoms with Crippen LogP contribution < -0.4 is 9.64 Å². The second-order valence-electron chi connectivity index (χ2n) is 6.27.